The Morgan fingerprint density at radius 2 is 2.21 bits per heavy atom. The van der Waals surface area contributed by atoms with E-state index in [4.69, 9.17) is 10.5 Å². The second-order valence-corrected chi connectivity index (χ2v) is 3.87. The number of halogens is 1. The van der Waals surface area contributed by atoms with Crippen LogP contribution in [-0.4, -0.2) is 23.6 Å². The standard InChI is InChI=1S/C13H15FN4O/c1-19-11-3-2-9(14)8-10(11)17-13-5-7-16-12(18-13)4-6-15/h2-3,5,7-8H,4,6,15H2,1H3,(H,16,17,18). The topological polar surface area (TPSA) is 73.1 Å². The summed E-state index contributed by atoms with van der Waals surface area (Å²) in [5, 5.41) is 3.01. The third-order valence-corrected chi connectivity index (χ3v) is 2.50. The second kappa shape index (κ2) is 6.10. The Labute approximate surface area is 110 Å². The SMILES string of the molecule is COc1ccc(F)cc1Nc1ccnc(CCN)n1. The Bertz CT molecular complexity index is 562. The van der Waals surface area contributed by atoms with Gasteiger partial charge in [-0.3, -0.25) is 0 Å². The van der Waals surface area contributed by atoms with E-state index in [0.29, 0.717) is 36.0 Å². The molecule has 0 amide bonds. The highest BCUT2D eigenvalue weighted by atomic mass is 19.1. The van der Waals surface area contributed by atoms with Crippen LogP contribution in [0.2, 0.25) is 0 Å². The van der Waals surface area contributed by atoms with Gasteiger partial charge in [0.25, 0.3) is 0 Å². The minimum Gasteiger partial charge on any atom is -0.495 e. The summed E-state index contributed by atoms with van der Waals surface area (Å²) in [7, 11) is 1.53. The van der Waals surface area contributed by atoms with Gasteiger partial charge in [0.2, 0.25) is 0 Å². The molecule has 5 nitrogen and oxygen atoms in total. The van der Waals surface area contributed by atoms with Crippen LogP contribution in [0.15, 0.2) is 30.5 Å². The summed E-state index contributed by atoms with van der Waals surface area (Å²) in [5.41, 5.74) is 5.97. The molecule has 2 aromatic rings. The molecule has 100 valence electrons. The molecule has 0 radical (unpaired) electrons. The Hall–Kier alpha value is -2.21. The number of nitrogens with two attached hydrogens (primary N) is 1. The van der Waals surface area contributed by atoms with E-state index in [1.807, 2.05) is 0 Å². The van der Waals surface area contributed by atoms with Gasteiger partial charge in [0, 0.05) is 18.7 Å². The lowest BCUT2D eigenvalue weighted by molar-refractivity contribution is 0.416. The van der Waals surface area contributed by atoms with Crippen LogP contribution >= 0.6 is 0 Å². The predicted octanol–water partition coefficient (Wildman–Crippen LogP) is 1.87. The monoisotopic (exact) mass is 262 g/mol. The summed E-state index contributed by atoms with van der Waals surface area (Å²) in [5.74, 6) is 1.41. The maximum Gasteiger partial charge on any atom is 0.142 e. The van der Waals surface area contributed by atoms with Crippen molar-refractivity contribution in [1.82, 2.24) is 9.97 Å². The van der Waals surface area contributed by atoms with E-state index in [9.17, 15) is 4.39 Å². The van der Waals surface area contributed by atoms with E-state index < -0.39 is 0 Å². The summed E-state index contributed by atoms with van der Waals surface area (Å²) in [4.78, 5) is 8.38. The second-order valence-electron chi connectivity index (χ2n) is 3.87. The van der Waals surface area contributed by atoms with Crippen molar-refractivity contribution in [2.24, 2.45) is 5.73 Å². The quantitative estimate of drug-likeness (QED) is 0.860. The number of anilines is 2. The number of hydrogen-bond donors (Lipinski definition) is 2. The van der Waals surface area contributed by atoms with Gasteiger partial charge in [0.15, 0.2) is 0 Å². The van der Waals surface area contributed by atoms with Gasteiger partial charge in [-0.1, -0.05) is 0 Å². The predicted molar refractivity (Wildman–Crippen MR) is 71.0 cm³/mol. The van der Waals surface area contributed by atoms with Crippen LogP contribution in [0.4, 0.5) is 15.9 Å². The molecule has 1 aromatic carbocycles. The van der Waals surface area contributed by atoms with E-state index in [1.54, 1.807) is 18.3 Å². The minimum atomic E-state index is -0.348. The smallest absolute Gasteiger partial charge is 0.142 e. The lowest BCUT2D eigenvalue weighted by Gasteiger charge is -2.11. The minimum absolute atomic E-state index is 0.348. The van der Waals surface area contributed by atoms with Crippen molar-refractivity contribution in [3.63, 3.8) is 0 Å². The van der Waals surface area contributed by atoms with Gasteiger partial charge in [-0.25, -0.2) is 14.4 Å². The zero-order valence-electron chi connectivity index (χ0n) is 10.6. The van der Waals surface area contributed by atoms with Crippen LogP contribution in [0.1, 0.15) is 5.82 Å². The molecular formula is C13H15FN4O. The van der Waals surface area contributed by atoms with Crippen molar-refractivity contribution in [2.45, 2.75) is 6.42 Å². The number of ether oxygens (including phenoxy) is 1. The van der Waals surface area contributed by atoms with Gasteiger partial charge in [0.05, 0.1) is 12.8 Å². The lowest BCUT2D eigenvalue weighted by atomic mass is 10.3. The van der Waals surface area contributed by atoms with Crippen LogP contribution in [0, 0.1) is 5.82 Å². The van der Waals surface area contributed by atoms with Crippen molar-refractivity contribution < 1.29 is 9.13 Å². The molecule has 0 atom stereocenters. The molecule has 0 saturated carbocycles. The highest BCUT2D eigenvalue weighted by Crippen LogP contribution is 2.27. The first kappa shape index (κ1) is 13.2. The molecule has 1 aromatic heterocycles. The van der Waals surface area contributed by atoms with E-state index in [1.165, 1.54) is 19.2 Å². The number of methoxy groups -OCH3 is 1. The molecule has 0 fully saturated rings. The molecular weight excluding hydrogens is 247 g/mol. The van der Waals surface area contributed by atoms with Crippen LogP contribution in [0.25, 0.3) is 0 Å². The number of nitrogens with one attached hydrogen (secondary N) is 1. The number of rotatable bonds is 5. The van der Waals surface area contributed by atoms with Gasteiger partial charge in [-0.05, 0) is 24.7 Å². The summed E-state index contributed by atoms with van der Waals surface area (Å²) >= 11 is 0. The van der Waals surface area contributed by atoms with Crippen molar-refractivity contribution in [3.8, 4) is 5.75 Å². The number of hydrogen-bond acceptors (Lipinski definition) is 5. The molecule has 1 heterocycles. The zero-order chi connectivity index (χ0) is 13.7. The summed E-state index contributed by atoms with van der Waals surface area (Å²) in [6, 6.07) is 5.94. The average molecular weight is 262 g/mol. The summed E-state index contributed by atoms with van der Waals surface area (Å²) in [6.07, 6.45) is 2.22. The molecule has 0 bridgehead atoms. The Balaban J connectivity index is 2.25. The summed E-state index contributed by atoms with van der Waals surface area (Å²) in [6.45, 7) is 0.479. The highest BCUT2D eigenvalue weighted by molar-refractivity contribution is 5.64. The number of benzene rings is 1. The normalized spacial score (nSPS) is 10.3. The zero-order valence-corrected chi connectivity index (χ0v) is 10.6. The number of aromatic nitrogens is 2. The lowest BCUT2D eigenvalue weighted by Crippen LogP contribution is -2.07. The van der Waals surface area contributed by atoms with Gasteiger partial charge < -0.3 is 15.8 Å². The van der Waals surface area contributed by atoms with Gasteiger partial charge in [-0.15, -0.1) is 0 Å². The molecule has 0 aliphatic rings. The molecule has 19 heavy (non-hydrogen) atoms. The molecule has 0 unspecified atom stereocenters. The molecule has 0 spiro atoms. The Morgan fingerprint density at radius 1 is 1.37 bits per heavy atom. The van der Waals surface area contributed by atoms with Crippen molar-refractivity contribution >= 4 is 11.5 Å². The van der Waals surface area contributed by atoms with Crippen LogP contribution in [0.3, 0.4) is 0 Å². The van der Waals surface area contributed by atoms with E-state index in [2.05, 4.69) is 15.3 Å². The first-order chi connectivity index (χ1) is 9.22. The number of nitrogens with zero attached hydrogens (tertiary/aromatic N) is 2. The fourth-order valence-corrected chi connectivity index (χ4v) is 1.63. The third-order valence-electron chi connectivity index (χ3n) is 2.50. The maximum absolute atomic E-state index is 13.2. The molecule has 0 aliphatic carbocycles. The van der Waals surface area contributed by atoms with E-state index in [0.717, 1.165) is 0 Å². The van der Waals surface area contributed by atoms with Crippen LogP contribution in [-0.2, 0) is 6.42 Å². The molecule has 0 saturated heterocycles. The van der Waals surface area contributed by atoms with Crippen LogP contribution in [0.5, 0.6) is 5.75 Å². The van der Waals surface area contributed by atoms with Crippen molar-refractivity contribution in [3.05, 3.63) is 42.1 Å². The first-order valence-corrected chi connectivity index (χ1v) is 5.85. The Kier molecular flexibility index (Phi) is 4.25. The average Bonchev–Trinajstić information content (AvgIpc) is 2.40. The summed E-state index contributed by atoms with van der Waals surface area (Å²) < 4.78 is 18.4. The van der Waals surface area contributed by atoms with E-state index in [-0.39, 0.29) is 5.82 Å². The fourth-order valence-electron chi connectivity index (χ4n) is 1.63. The fraction of sp³-hybridized carbons (Fsp3) is 0.231. The van der Waals surface area contributed by atoms with Crippen molar-refractivity contribution in [1.29, 1.82) is 0 Å². The first-order valence-electron chi connectivity index (χ1n) is 5.85. The molecule has 6 heteroatoms. The highest BCUT2D eigenvalue weighted by Gasteiger charge is 2.06. The third kappa shape index (κ3) is 3.38. The molecule has 2 rings (SSSR count). The molecule has 0 aliphatic heterocycles. The van der Waals surface area contributed by atoms with E-state index >= 15 is 0 Å². The van der Waals surface area contributed by atoms with Crippen molar-refractivity contribution in [2.75, 3.05) is 19.0 Å². The molecule has 3 N–H and O–H groups in total. The maximum atomic E-state index is 13.2. The van der Waals surface area contributed by atoms with Gasteiger partial charge >= 0.3 is 0 Å². The van der Waals surface area contributed by atoms with Crippen LogP contribution < -0.4 is 15.8 Å². The largest absolute Gasteiger partial charge is 0.495 e. The van der Waals surface area contributed by atoms with Gasteiger partial charge in [-0.2, -0.15) is 0 Å². The Morgan fingerprint density at radius 3 is 2.95 bits per heavy atom. The van der Waals surface area contributed by atoms with Gasteiger partial charge in [0.1, 0.15) is 23.2 Å².